The van der Waals surface area contributed by atoms with E-state index >= 15 is 0 Å². The molecule has 4 nitrogen and oxygen atoms in total. The van der Waals surface area contributed by atoms with E-state index in [0.29, 0.717) is 23.0 Å². The number of allylic oxidation sites excluding steroid dienone is 1. The van der Waals surface area contributed by atoms with Gasteiger partial charge in [0.25, 0.3) is 0 Å². The molecule has 26 heavy (non-hydrogen) atoms. The summed E-state index contributed by atoms with van der Waals surface area (Å²) in [5.41, 5.74) is 1.09. The zero-order valence-electron chi connectivity index (χ0n) is 15.0. The van der Waals surface area contributed by atoms with Gasteiger partial charge in [-0.1, -0.05) is 35.9 Å². The Hall–Kier alpha value is -2.77. The molecule has 0 heterocycles. The van der Waals surface area contributed by atoms with Crippen molar-refractivity contribution in [1.82, 2.24) is 0 Å². The summed E-state index contributed by atoms with van der Waals surface area (Å²) in [6.45, 7) is 5.37. The lowest BCUT2D eigenvalue weighted by atomic mass is 10.0. The van der Waals surface area contributed by atoms with Crippen LogP contribution in [0.4, 0.5) is 0 Å². The van der Waals surface area contributed by atoms with Crippen LogP contribution in [0.2, 0.25) is 5.02 Å². The lowest BCUT2D eigenvalue weighted by Crippen LogP contribution is -2.39. The average molecular weight is 370 g/mol. The number of carbonyl (C=O) groups is 1. The summed E-state index contributed by atoms with van der Waals surface area (Å²) in [6, 6.07) is 16.4. The Kier molecular flexibility index (Phi) is 6.43. The van der Waals surface area contributed by atoms with E-state index in [2.05, 4.69) is 6.07 Å². The highest BCUT2D eigenvalue weighted by Crippen LogP contribution is 2.23. The molecule has 2 aromatic rings. The molecule has 0 aliphatic heterocycles. The predicted molar refractivity (Wildman–Crippen MR) is 103 cm³/mol. The summed E-state index contributed by atoms with van der Waals surface area (Å²) in [5, 5.41) is 10.0. The molecule has 0 bridgehead atoms. The van der Waals surface area contributed by atoms with Crippen LogP contribution in [-0.2, 0) is 9.53 Å². The number of benzene rings is 2. The number of carbonyl (C=O) groups excluding carboxylic acids is 1. The largest absolute Gasteiger partial charge is 0.476 e. The second-order valence-electron chi connectivity index (χ2n) is 6.08. The molecule has 0 amide bonds. The van der Waals surface area contributed by atoms with Crippen molar-refractivity contribution in [2.24, 2.45) is 0 Å². The van der Waals surface area contributed by atoms with Crippen LogP contribution in [-0.4, -0.2) is 18.2 Å². The smallest absolute Gasteiger partial charge is 0.349 e. The zero-order valence-corrected chi connectivity index (χ0v) is 15.7. The second kappa shape index (κ2) is 8.55. The fraction of sp³-hybridized carbons (Fsp3) is 0.238. The molecule has 0 N–H and O–H groups in total. The number of ether oxygens (including phenoxy) is 2. The van der Waals surface area contributed by atoms with Crippen molar-refractivity contribution in [1.29, 1.82) is 5.26 Å². The summed E-state index contributed by atoms with van der Waals surface area (Å²) in [4.78, 5) is 11.9. The minimum Gasteiger partial charge on any atom is -0.476 e. The molecule has 0 atom stereocenters. The molecule has 0 aromatic heterocycles. The zero-order chi connectivity index (χ0) is 19.2. The number of rotatable bonds is 6. The standard InChI is InChI=1S/C21H20ClNO3/c1-4-25-20(24)21(2,3)26-19-11-5-15(6-12-19)13-17(14-23)16-7-9-18(22)10-8-16/h5-13H,4H2,1-3H3. The van der Waals surface area contributed by atoms with E-state index in [1.54, 1.807) is 63.2 Å². The Morgan fingerprint density at radius 2 is 1.77 bits per heavy atom. The number of nitriles is 1. The quantitative estimate of drug-likeness (QED) is 0.402. The fourth-order valence-electron chi connectivity index (χ4n) is 2.25. The van der Waals surface area contributed by atoms with E-state index in [-0.39, 0.29) is 0 Å². The van der Waals surface area contributed by atoms with Crippen molar-refractivity contribution in [3.8, 4) is 11.8 Å². The molecule has 0 unspecified atom stereocenters. The summed E-state index contributed by atoms with van der Waals surface area (Å²) in [7, 11) is 0. The van der Waals surface area contributed by atoms with E-state index in [1.807, 2.05) is 12.1 Å². The normalized spacial score (nSPS) is 11.6. The number of halogens is 1. The van der Waals surface area contributed by atoms with Crippen molar-refractivity contribution in [3.05, 3.63) is 64.7 Å². The number of hydrogen-bond acceptors (Lipinski definition) is 4. The SMILES string of the molecule is CCOC(=O)C(C)(C)Oc1ccc(C=C(C#N)c2ccc(Cl)cc2)cc1. The summed E-state index contributed by atoms with van der Waals surface area (Å²) < 4.78 is 10.7. The maximum Gasteiger partial charge on any atom is 0.349 e. The van der Waals surface area contributed by atoms with Gasteiger partial charge in [0, 0.05) is 5.02 Å². The van der Waals surface area contributed by atoms with Gasteiger partial charge in [-0.05, 0) is 62.2 Å². The van der Waals surface area contributed by atoms with Gasteiger partial charge in [-0.25, -0.2) is 4.79 Å². The van der Waals surface area contributed by atoms with Gasteiger partial charge in [0.05, 0.1) is 18.2 Å². The summed E-state index contributed by atoms with van der Waals surface area (Å²) in [6.07, 6.45) is 1.78. The van der Waals surface area contributed by atoms with Crippen LogP contribution in [0.15, 0.2) is 48.5 Å². The number of nitrogens with zero attached hydrogens (tertiary/aromatic N) is 1. The maximum atomic E-state index is 11.9. The van der Waals surface area contributed by atoms with Gasteiger partial charge in [-0.3, -0.25) is 0 Å². The highest BCUT2D eigenvalue weighted by atomic mass is 35.5. The molecule has 0 aliphatic carbocycles. The topological polar surface area (TPSA) is 59.3 Å². The molecule has 0 saturated carbocycles. The molecule has 0 fully saturated rings. The molecule has 5 heteroatoms. The first-order valence-electron chi connectivity index (χ1n) is 8.19. The minimum absolute atomic E-state index is 0.303. The molecular formula is C21H20ClNO3. The van der Waals surface area contributed by atoms with Gasteiger partial charge in [-0.2, -0.15) is 5.26 Å². The molecule has 0 saturated heterocycles. The van der Waals surface area contributed by atoms with Crippen LogP contribution in [0.25, 0.3) is 11.6 Å². The Labute approximate surface area is 158 Å². The van der Waals surface area contributed by atoms with Gasteiger partial charge in [0.15, 0.2) is 5.60 Å². The molecule has 2 aromatic carbocycles. The Morgan fingerprint density at radius 3 is 2.31 bits per heavy atom. The number of hydrogen-bond donors (Lipinski definition) is 0. The van der Waals surface area contributed by atoms with Gasteiger partial charge < -0.3 is 9.47 Å². The van der Waals surface area contributed by atoms with Crippen LogP contribution in [0.5, 0.6) is 5.75 Å². The highest BCUT2D eigenvalue weighted by molar-refractivity contribution is 6.30. The van der Waals surface area contributed by atoms with Crippen LogP contribution in [0, 0.1) is 11.3 Å². The van der Waals surface area contributed by atoms with Crippen molar-refractivity contribution in [2.75, 3.05) is 6.61 Å². The van der Waals surface area contributed by atoms with Crippen molar-refractivity contribution < 1.29 is 14.3 Å². The van der Waals surface area contributed by atoms with E-state index in [9.17, 15) is 10.1 Å². The van der Waals surface area contributed by atoms with Crippen molar-refractivity contribution in [2.45, 2.75) is 26.4 Å². The molecule has 0 aliphatic rings. The molecule has 2 rings (SSSR count). The van der Waals surface area contributed by atoms with Crippen molar-refractivity contribution in [3.63, 3.8) is 0 Å². The molecular weight excluding hydrogens is 350 g/mol. The van der Waals surface area contributed by atoms with E-state index in [0.717, 1.165) is 11.1 Å². The lowest BCUT2D eigenvalue weighted by Gasteiger charge is -2.24. The Balaban J connectivity index is 2.17. The van der Waals surface area contributed by atoms with Crippen LogP contribution >= 0.6 is 11.6 Å². The average Bonchev–Trinajstić information content (AvgIpc) is 2.62. The number of esters is 1. The van der Waals surface area contributed by atoms with Gasteiger partial charge in [-0.15, -0.1) is 0 Å². The molecule has 0 radical (unpaired) electrons. The summed E-state index contributed by atoms with van der Waals surface area (Å²) >= 11 is 5.88. The lowest BCUT2D eigenvalue weighted by molar-refractivity contribution is -0.158. The maximum absolute atomic E-state index is 11.9. The monoisotopic (exact) mass is 369 g/mol. The molecule has 0 spiro atoms. The van der Waals surface area contributed by atoms with Gasteiger partial charge in [0.1, 0.15) is 5.75 Å². The van der Waals surface area contributed by atoms with Crippen LogP contribution in [0.3, 0.4) is 0 Å². The third kappa shape index (κ3) is 5.11. The van der Waals surface area contributed by atoms with Gasteiger partial charge in [0.2, 0.25) is 0 Å². The molecule has 134 valence electrons. The van der Waals surface area contributed by atoms with Crippen LogP contribution in [0.1, 0.15) is 31.9 Å². The van der Waals surface area contributed by atoms with Crippen molar-refractivity contribution >= 4 is 29.2 Å². The van der Waals surface area contributed by atoms with E-state index in [1.165, 1.54) is 0 Å². The third-order valence-corrected chi connectivity index (χ3v) is 3.86. The van der Waals surface area contributed by atoms with E-state index < -0.39 is 11.6 Å². The first-order valence-corrected chi connectivity index (χ1v) is 8.57. The highest BCUT2D eigenvalue weighted by Gasteiger charge is 2.31. The Bertz CT molecular complexity index is 831. The van der Waals surface area contributed by atoms with Gasteiger partial charge >= 0.3 is 5.97 Å². The first kappa shape index (κ1) is 19.6. The van der Waals surface area contributed by atoms with E-state index in [4.69, 9.17) is 21.1 Å². The first-order chi connectivity index (χ1) is 12.4. The minimum atomic E-state index is -1.07. The Morgan fingerprint density at radius 1 is 1.15 bits per heavy atom. The third-order valence-electron chi connectivity index (χ3n) is 3.61. The predicted octanol–water partition coefficient (Wildman–Crippen LogP) is 5.12. The van der Waals surface area contributed by atoms with Crippen LogP contribution < -0.4 is 4.74 Å². The summed E-state index contributed by atoms with van der Waals surface area (Å²) in [5.74, 6) is 0.128. The second-order valence-corrected chi connectivity index (χ2v) is 6.52. The fourth-order valence-corrected chi connectivity index (χ4v) is 2.38.